The average molecular weight is 399 g/mol. The molecule has 1 amide bonds. The number of carbonyl (C=O) groups is 2. The van der Waals surface area contributed by atoms with Gasteiger partial charge in [0.1, 0.15) is 12.3 Å². The first kappa shape index (κ1) is 21.1. The van der Waals surface area contributed by atoms with Crippen LogP contribution in [0.4, 0.5) is 5.69 Å². The van der Waals surface area contributed by atoms with Crippen LogP contribution in [0.5, 0.6) is 0 Å². The Morgan fingerprint density at radius 2 is 1.97 bits per heavy atom. The molecule has 0 saturated heterocycles. The standard InChI is InChI=1S/C23H30N2O4/c1-14(2)17-8-9-19-18(13-17)7-6-10-25(19)22(26)21-15(3)20(16(4)24-21)23(27)29-12-11-28-5/h8-9,13-14,24H,6-7,10-12H2,1-5H3. The van der Waals surface area contributed by atoms with E-state index in [0.29, 0.717) is 41.6 Å². The number of hydrogen-bond acceptors (Lipinski definition) is 4. The van der Waals surface area contributed by atoms with Crippen LogP contribution >= 0.6 is 0 Å². The molecule has 1 aromatic carbocycles. The number of fused-ring (bicyclic) bond motifs is 1. The van der Waals surface area contributed by atoms with Crippen molar-refractivity contribution in [3.63, 3.8) is 0 Å². The average Bonchev–Trinajstić information content (AvgIpc) is 3.00. The SMILES string of the molecule is COCCOC(=O)c1c(C)[nH]c(C(=O)N2CCCc3cc(C(C)C)ccc32)c1C. The summed E-state index contributed by atoms with van der Waals surface area (Å²) in [5, 5.41) is 0. The lowest BCUT2D eigenvalue weighted by molar-refractivity contribution is 0.0387. The number of aromatic amines is 1. The molecule has 1 aromatic heterocycles. The Balaban J connectivity index is 1.89. The molecule has 0 unspecified atom stereocenters. The molecule has 6 nitrogen and oxygen atoms in total. The van der Waals surface area contributed by atoms with Crippen molar-refractivity contribution >= 4 is 17.6 Å². The predicted octanol–water partition coefficient (Wildman–Crippen LogP) is 4.15. The lowest BCUT2D eigenvalue weighted by atomic mass is 9.94. The molecular formula is C23H30N2O4. The molecule has 29 heavy (non-hydrogen) atoms. The van der Waals surface area contributed by atoms with Crippen LogP contribution < -0.4 is 4.90 Å². The Bertz CT molecular complexity index is 914. The zero-order valence-electron chi connectivity index (χ0n) is 17.9. The Labute approximate surface area is 172 Å². The van der Waals surface area contributed by atoms with E-state index in [1.165, 1.54) is 11.1 Å². The van der Waals surface area contributed by atoms with Gasteiger partial charge in [-0.15, -0.1) is 0 Å². The van der Waals surface area contributed by atoms with E-state index in [9.17, 15) is 9.59 Å². The molecule has 0 bridgehead atoms. The largest absolute Gasteiger partial charge is 0.460 e. The van der Waals surface area contributed by atoms with Crippen molar-refractivity contribution in [1.29, 1.82) is 0 Å². The normalized spacial score (nSPS) is 13.5. The highest BCUT2D eigenvalue weighted by Crippen LogP contribution is 2.32. The second kappa shape index (κ2) is 8.82. The van der Waals surface area contributed by atoms with Gasteiger partial charge in [0.05, 0.1) is 12.2 Å². The number of nitrogens with one attached hydrogen (secondary N) is 1. The summed E-state index contributed by atoms with van der Waals surface area (Å²) < 4.78 is 10.2. The van der Waals surface area contributed by atoms with Crippen LogP contribution in [-0.4, -0.2) is 43.7 Å². The van der Waals surface area contributed by atoms with E-state index >= 15 is 0 Å². The minimum Gasteiger partial charge on any atom is -0.460 e. The zero-order valence-corrected chi connectivity index (χ0v) is 17.9. The Morgan fingerprint density at radius 3 is 2.66 bits per heavy atom. The summed E-state index contributed by atoms with van der Waals surface area (Å²) in [4.78, 5) is 30.8. The van der Waals surface area contributed by atoms with Gasteiger partial charge in [-0.3, -0.25) is 4.79 Å². The summed E-state index contributed by atoms with van der Waals surface area (Å²) >= 11 is 0. The van der Waals surface area contributed by atoms with E-state index in [1.54, 1.807) is 21.0 Å². The van der Waals surface area contributed by atoms with E-state index in [2.05, 4.69) is 31.0 Å². The van der Waals surface area contributed by atoms with E-state index in [0.717, 1.165) is 18.5 Å². The molecule has 0 spiro atoms. The third-order valence-corrected chi connectivity index (χ3v) is 5.51. The van der Waals surface area contributed by atoms with Crippen molar-refractivity contribution in [2.24, 2.45) is 0 Å². The minimum absolute atomic E-state index is 0.111. The van der Waals surface area contributed by atoms with Gasteiger partial charge in [-0.1, -0.05) is 26.0 Å². The van der Waals surface area contributed by atoms with Crippen LogP contribution in [0.2, 0.25) is 0 Å². The van der Waals surface area contributed by atoms with Gasteiger partial charge in [-0.2, -0.15) is 0 Å². The first-order valence-electron chi connectivity index (χ1n) is 10.1. The van der Waals surface area contributed by atoms with Crippen molar-refractivity contribution in [2.75, 3.05) is 31.8 Å². The van der Waals surface area contributed by atoms with E-state index in [4.69, 9.17) is 9.47 Å². The van der Waals surface area contributed by atoms with Crippen LogP contribution in [0.3, 0.4) is 0 Å². The molecular weight excluding hydrogens is 368 g/mol. The monoisotopic (exact) mass is 398 g/mol. The molecule has 0 fully saturated rings. The fourth-order valence-electron chi connectivity index (χ4n) is 3.88. The van der Waals surface area contributed by atoms with Gasteiger partial charge in [0.2, 0.25) is 0 Å². The topological polar surface area (TPSA) is 71.6 Å². The molecule has 0 atom stereocenters. The molecule has 0 radical (unpaired) electrons. The molecule has 0 aliphatic carbocycles. The third-order valence-electron chi connectivity index (χ3n) is 5.51. The number of nitrogens with zero attached hydrogens (tertiary/aromatic N) is 1. The Hall–Kier alpha value is -2.60. The van der Waals surface area contributed by atoms with Gasteiger partial charge < -0.3 is 19.4 Å². The first-order valence-corrected chi connectivity index (χ1v) is 10.1. The van der Waals surface area contributed by atoms with Gasteiger partial charge >= 0.3 is 5.97 Å². The molecule has 1 aliphatic rings. The maximum absolute atomic E-state index is 13.4. The second-order valence-corrected chi connectivity index (χ2v) is 7.86. The molecule has 0 saturated carbocycles. The summed E-state index contributed by atoms with van der Waals surface area (Å²) in [6.07, 6.45) is 1.89. The van der Waals surface area contributed by atoms with E-state index in [-0.39, 0.29) is 12.5 Å². The number of anilines is 1. The van der Waals surface area contributed by atoms with Gasteiger partial charge in [0.15, 0.2) is 0 Å². The highest BCUT2D eigenvalue weighted by Gasteiger charge is 2.29. The van der Waals surface area contributed by atoms with E-state index < -0.39 is 5.97 Å². The quantitative estimate of drug-likeness (QED) is 0.586. The third kappa shape index (κ3) is 4.22. The number of rotatable bonds is 6. The fourth-order valence-corrected chi connectivity index (χ4v) is 3.88. The van der Waals surface area contributed by atoms with Crippen LogP contribution in [-0.2, 0) is 15.9 Å². The van der Waals surface area contributed by atoms with Crippen molar-refractivity contribution in [3.05, 3.63) is 51.8 Å². The van der Waals surface area contributed by atoms with Gasteiger partial charge in [0, 0.05) is 25.0 Å². The predicted molar refractivity (Wildman–Crippen MR) is 113 cm³/mol. The number of methoxy groups -OCH3 is 1. The molecule has 156 valence electrons. The summed E-state index contributed by atoms with van der Waals surface area (Å²) in [6, 6.07) is 6.36. The number of aryl methyl sites for hydroxylation is 2. The van der Waals surface area contributed by atoms with E-state index in [1.807, 2.05) is 11.0 Å². The van der Waals surface area contributed by atoms with Gasteiger partial charge in [-0.05, 0) is 55.4 Å². The number of aromatic nitrogens is 1. The van der Waals surface area contributed by atoms with Crippen molar-refractivity contribution in [2.45, 2.75) is 46.5 Å². The highest BCUT2D eigenvalue weighted by atomic mass is 16.6. The van der Waals surface area contributed by atoms with Crippen molar-refractivity contribution in [1.82, 2.24) is 4.98 Å². The number of amides is 1. The number of benzene rings is 1. The molecule has 2 aromatic rings. The number of H-pyrrole nitrogens is 1. The molecule has 3 rings (SSSR count). The summed E-state index contributed by atoms with van der Waals surface area (Å²) in [6.45, 7) is 9.10. The Morgan fingerprint density at radius 1 is 1.21 bits per heavy atom. The molecule has 1 aliphatic heterocycles. The van der Waals surface area contributed by atoms with Gasteiger partial charge in [0.25, 0.3) is 5.91 Å². The van der Waals surface area contributed by atoms with Crippen LogP contribution in [0, 0.1) is 13.8 Å². The lowest BCUT2D eigenvalue weighted by Crippen LogP contribution is -2.36. The maximum Gasteiger partial charge on any atom is 0.340 e. The molecule has 6 heteroatoms. The number of ether oxygens (including phenoxy) is 2. The van der Waals surface area contributed by atoms with Crippen LogP contribution in [0.25, 0.3) is 0 Å². The Kier molecular flexibility index (Phi) is 6.42. The smallest absolute Gasteiger partial charge is 0.340 e. The summed E-state index contributed by atoms with van der Waals surface area (Å²) in [5.74, 6) is -0.0980. The minimum atomic E-state index is -0.437. The fraction of sp³-hybridized carbons (Fsp3) is 0.478. The van der Waals surface area contributed by atoms with Crippen LogP contribution in [0.15, 0.2) is 18.2 Å². The number of esters is 1. The summed E-state index contributed by atoms with van der Waals surface area (Å²) in [7, 11) is 1.55. The van der Waals surface area contributed by atoms with Crippen molar-refractivity contribution < 1.29 is 19.1 Å². The zero-order chi connectivity index (χ0) is 21.1. The number of carbonyl (C=O) groups excluding carboxylic acids is 2. The van der Waals surface area contributed by atoms with Gasteiger partial charge in [-0.25, -0.2) is 4.79 Å². The van der Waals surface area contributed by atoms with Crippen molar-refractivity contribution in [3.8, 4) is 0 Å². The molecule has 1 N–H and O–H groups in total. The first-order chi connectivity index (χ1) is 13.8. The van der Waals surface area contributed by atoms with Crippen LogP contribution in [0.1, 0.15) is 69.4 Å². The maximum atomic E-state index is 13.4. The molecule has 2 heterocycles. The lowest BCUT2D eigenvalue weighted by Gasteiger charge is -2.30. The second-order valence-electron chi connectivity index (χ2n) is 7.86. The highest BCUT2D eigenvalue weighted by molar-refractivity contribution is 6.08. The number of hydrogen-bond donors (Lipinski definition) is 1. The summed E-state index contributed by atoms with van der Waals surface area (Å²) in [5.41, 5.74) is 5.59.